The van der Waals surface area contributed by atoms with Gasteiger partial charge in [0.25, 0.3) is 0 Å². The lowest BCUT2D eigenvalue weighted by atomic mass is 10.0. The Morgan fingerprint density at radius 3 is 2.64 bits per heavy atom. The minimum Gasteiger partial charge on any atom is -0.324 e. The molecule has 1 aromatic carbocycles. The summed E-state index contributed by atoms with van der Waals surface area (Å²) in [5.74, 6) is 0.130. The molecule has 76 valence electrons. The summed E-state index contributed by atoms with van der Waals surface area (Å²) in [5.41, 5.74) is 9.02. The third-order valence-electron chi connectivity index (χ3n) is 2.40. The van der Waals surface area contributed by atoms with Gasteiger partial charge in [0.15, 0.2) is 0 Å². The number of hydrogen-bond donors (Lipinski definition) is 1. The van der Waals surface area contributed by atoms with Crippen LogP contribution in [0, 0.1) is 13.8 Å². The number of carbonyl (C=O) groups excluding carboxylic acids is 1. The normalized spacial score (nSPS) is 10.2. The first kappa shape index (κ1) is 10.9. The average molecular weight is 191 g/mol. The highest BCUT2D eigenvalue weighted by Gasteiger charge is 2.02. The third kappa shape index (κ3) is 2.96. The number of Topliss-reactive ketones (excluding diaryl/α,β-unsaturated/α-hetero) is 1. The van der Waals surface area contributed by atoms with E-state index in [9.17, 15) is 4.79 Å². The average Bonchev–Trinajstić information content (AvgIpc) is 2.16. The number of carbonyl (C=O) groups is 1. The Kier molecular flexibility index (Phi) is 3.84. The molecule has 2 N–H and O–H groups in total. The Morgan fingerprint density at radius 1 is 1.36 bits per heavy atom. The SMILES string of the molecule is Cc1ccc(CCC(=O)CN)c(C)c1. The highest BCUT2D eigenvalue weighted by Crippen LogP contribution is 2.12. The molecule has 0 bridgehead atoms. The van der Waals surface area contributed by atoms with Gasteiger partial charge >= 0.3 is 0 Å². The first-order chi connectivity index (χ1) is 6.63. The summed E-state index contributed by atoms with van der Waals surface area (Å²) in [6.07, 6.45) is 1.36. The van der Waals surface area contributed by atoms with Gasteiger partial charge in [-0.15, -0.1) is 0 Å². The highest BCUT2D eigenvalue weighted by molar-refractivity contribution is 5.80. The minimum absolute atomic E-state index is 0.130. The van der Waals surface area contributed by atoms with Gasteiger partial charge in [0.05, 0.1) is 6.54 Å². The Bertz CT molecular complexity index is 331. The van der Waals surface area contributed by atoms with Crippen LogP contribution in [-0.4, -0.2) is 12.3 Å². The molecule has 0 amide bonds. The van der Waals surface area contributed by atoms with Crippen molar-refractivity contribution in [3.8, 4) is 0 Å². The minimum atomic E-state index is 0.130. The van der Waals surface area contributed by atoms with Gasteiger partial charge in [-0.3, -0.25) is 4.79 Å². The van der Waals surface area contributed by atoms with Crippen molar-refractivity contribution < 1.29 is 4.79 Å². The van der Waals surface area contributed by atoms with Crippen LogP contribution in [0.2, 0.25) is 0 Å². The molecule has 0 saturated carbocycles. The van der Waals surface area contributed by atoms with Gasteiger partial charge in [-0.25, -0.2) is 0 Å². The molecule has 0 saturated heterocycles. The summed E-state index contributed by atoms with van der Waals surface area (Å²) in [6.45, 7) is 4.31. The lowest BCUT2D eigenvalue weighted by Crippen LogP contribution is -2.13. The Balaban J connectivity index is 2.63. The zero-order valence-corrected chi connectivity index (χ0v) is 8.84. The van der Waals surface area contributed by atoms with Crippen LogP contribution in [0.3, 0.4) is 0 Å². The van der Waals surface area contributed by atoms with Crippen LogP contribution < -0.4 is 5.73 Å². The van der Waals surface area contributed by atoms with E-state index in [1.165, 1.54) is 16.7 Å². The van der Waals surface area contributed by atoms with E-state index in [-0.39, 0.29) is 12.3 Å². The van der Waals surface area contributed by atoms with Gasteiger partial charge in [0.1, 0.15) is 5.78 Å². The summed E-state index contributed by atoms with van der Waals surface area (Å²) in [4.78, 5) is 11.0. The van der Waals surface area contributed by atoms with Crippen LogP contribution in [0.4, 0.5) is 0 Å². The van der Waals surface area contributed by atoms with Crippen LogP contribution in [0.15, 0.2) is 18.2 Å². The van der Waals surface area contributed by atoms with E-state index >= 15 is 0 Å². The lowest BCUT2D eigenvalue weighted by molar-refractivity contribution is -0.117. The Labute approximate surface area is 85.1 Å². The smallest absolute Gasteiger partial charge is 0.146 e. The maximum Gasteiger partial charge on any atom is 0.146 e. The fourth-order valence-electron chi connectivity index (χ4n) is 1.50. The molecule has 0 fully saturated rings. The van der Waals surface area contributed by atoms with Crippen LogP contribution in [0.5, 0.6) is 0 Å². The van der Waals surface area contributed by atoms with Crippen LogP contribution in [0.25, 0.3) is 0 Å². The molecule has 1 rings (SSSR count). The summed E-state index contributed by atoms with van der Waals surface area (Å²) in [5, 5.41) is 0. The molecule has 0 aromatic heterocycles. The number of benzene rings is 1. The molecule has 0 spiro atoms. The van der Waals surface area contributed by atoms with Crippen molar-refractivity contribution in [1.29, 1.82) is 0 Å². The number of nitrogens with two attached hydrogens (primary N) is 1. The maximum absolute atomic E-state index is 11.0. The number of rotatable bonds is 4. The molecule has 0 aliphatic carbocycles. The zero-order valence-electron chi connectivity index (χ0n) is 8.84. The molecular weight excluding hydrogens is 174 g/mol. The van der Waals surface area contributed by atoms with Crippen molar-refractivity contribution in [2.24, 2.45) is 5.73 Å². The van der Waals surface area contributed by atoms with Crippen molar-refractivity contribution in [2.75, 3.05) is 6.54 Å². The Hall–Kier alpha value is -1.15. The second-order valence-electron chi connectivity index (χ2n) is 3.67. The van der Waals surface area contributed by atoms with E-state index in [1.54, 1.807) is 0 Å². The van der Waals surface area contributed by atoms with Gasteiger partial charge in [-0.2, -0.15) is 0 Å². The molecule has 0 heterocycles. The van der Waals surface area contributed by atoms with E-state index in [2.05, 4.69) is 32.0 Å². The number of aryl methyl sites for hydroxylation is 3. The maximum atomic E-state index is 11.0. The molecule has 2 nitrogen and oxygen atoms in total. The molecule has 0 atom stereocenters. The van der Waals surface area contributed by atoms with Crippen LogP contribution >= 0.6 is 0 Å². The van der Waals surface area contributed by atoms with Crippen LogP contribution in [-0.2, 0) is 11.2 Å². The predicted molar refractivity (Wildman–Crippen MR) is 58.3 cm³/mol. The molecule has 1 aromatic rings. The van der Waals surface area contributed by atoms with E-state index in [1.807, 2.05) is 0 Å². The van der Waals surface area contributed by atoms with Crippen LogP contribution in [0.1, 0.15) is 23.1 Å². The monoisotopic (exact) mass is 191 g/mol. The third-order valence-corrected chi connectivity index (χ3v) is 2.40. The predicted octanol–water partition coefficient (Wildman–Crippen LogP) is 1.76. The van der Waals surface area contributed by atoms with Crippen molar-refractivity contribution in [1.82, 2.24) is 0 Å². The van der Waals surface area contributed by atoms with Crippen molar-refractivity contribution >= 4 is 5.78 Å². The molecule has 0 aliphatic heterocycles. The van der Waals surface area contributed by atoms with E-state index < -0.39 is 0 Å². The fraction of sp³-hybridized carbons (Fsp3) is 0.417. The second kappa shape index (κ2) is 4.91. The van der Waals surface area contributed by atoms with E-state index in [4.69, 9.17) is 5.73 Å². The molecular formula is C12H17NO. The summed E-state index contributed by atoms with van der Waals surface area (Å²) >= 11 is 0. The summed E-state index contributed by atoms with van der Waals surface area (Å²) in [7, 11) is 0. The lowest BCUT2D eigenvalue weighted by Gasteiger charge is -2.05. The standard InChI is InChI=1S/C12H17NO/c1-9-3-4-11(10(2)7-9)5-6-12(14)8-13/h3-4,7H,5-6,8,13H2,1-2H3. The van der Waals surface area contributed by atoms with Gasteiger partial charge in [0, 0.05) is 6.42 Å². The van der Waals surface area contributed by atoms with Gasteiger partial charge in [-0.1, -0.05) is 23.8 Å². The summed E-state index contributed by atoms with van der Waals surface area (Å²) in [6, 6.07) is 6.31. The fourth-order valence-corrected chi connectivity index (χ4v) is 1.50. The first-order valence-corrected chi connectivity index (χ1v) is 4.91. The van der Waals surface area contributed by atoms with E-state index in [0.717, 1.165) is 6.42 Å². The second-order valence-corrected chi connectivity index (χ2v) is 3.67. The molecule has 0 unspecified atom stereocenters. The molecule has 0 radical (unpaired) electrons. The van der Waals surface area contributed by atoms with Crippen molar-refractivity contribution in [3.05, 3.63) is 34.9 Å². The number of ketones is 1. The van der Waals surface area contributed by atoms with E-state index in [0.29, 0.717) is 6.42 Å². The highest BCUT2D eigenvalue weighted by atomic mass is 16.1. The van der Waals surface area contributed by atoms with Gasteiger partial charge < -0.3 is 5.73 Å². The molecule has 2 heteroatoms. The van der Waals surface area contributed by atoms with Gasteiger partial charge in [-0.05, 0) is 31.4 Å². The first-order valence-electron chi connectivity index (χ1n) is 4.91. The zero-order chi connectivity index (χ0) is 10.6. The Morgan fingerprint density at radius 2 is 2.07 bits per heavy atom. The molecule has 14 heavy (non-hydrogen) atoms. The molecule has 0 aliphatic rings. The largest absolute Gasteiger partial charge is 0.324 e. The quantitative estimate of drug-likeness (QED) is 0.788. The summed E-state index contributed by atoms with van der Waals surface area (Å²) < 4.78 is 0. The van der Waals surface area contributed by atoms with Crippen molar-refractivity contribution in [3.63, 3.8) is 0 Å². The number of hydrogen-bond acceptors (Lipinski definition) is 2. The topological polar surface area (TPSA) is 43.1 Å². The van der Waals surface area contributed by atoms with Gasteiger partial charge in [0.2, 0.25) is 0 Å². The van der Waals surface area contributed by atoms with Crippen molar-refractivity contribution in [2.45, 2.75) is 26.7 Å².